The van der Waals surface area contributed by atoms with E-state index in [0.29, 0.717) is 24.0 Å². The molecular weight excluding hydrogens is 234 g/mol. The molecule has 1 unspecified atom stereocenters. The first-order chi connectivity index (χ1) is 6.94. The highest BCUT2D eigenvalue weighted by atomic mass is 35.5. The van der Waals surface area contributed by atoms with E-state index in [-0.39, 0.29) is 12.0 Å². The van der Waals surface area contributed by atoms with Gasteiger partial charge in [0.1, 0.15) is 0 Å². The molecule has 1 saturated carbocycles. The number of nitrogens with one attached hydrogen (secondary N) is 1. The van der Waals surface area contributed by atoms with E-state index in [4.69, 9.17) is 11.6 Å². The third-order valence-electron chi connectivity index (χ3n) is 2.71. The summed E-state index contributed by atoms with van der Waals surface area (Å²) in [7, 11) is -3.09. The van der Waals surface area contributed by atoms with Crippen molar-refractivity contribution in [1.29, 1.82) is 0 Å². The molecule has 15 heavy (non-hydrogen) atoms. The lowest BCUT2D eigenvalue weighted by Crippen LogP contribution is -2.40. The second-order valence-electron chi connectivity index (χ2n) is 4.67. The van der Waals surface area contributed by atoms with Gasteiger partial charge < -0.3 is 0 Å². The van der Waals surface area contributed by atoms with E-state index in [1.165, 1.54) is 0 Å². The Labute approximate surface area is 97.6 Å². The molecule has 0 aromatic carbocycles. The minimum atomic E-state index is -3.09. The summed E-state index contributed by atoms with van der Waals surface area (Å²) in [6.07, 6.45) is 2.81. The largest absolute Gasteiger partial charge is 0.212 e. The molecule has 0 spiro atoms. The number of sulfonamides is 1. The van der Waals surface area contributed by atoms with Crippen molar-refractivity contribution in [3.8, 4) is 0 Å². The van der Waals surface area contributed by atoms with Crippen molar-refractivity contribution < 1.29 is 8.42 Å². The van der Waals surface area contributed by atoms with Gasteiger partial charge in [0.25, 0.3) is 0 Å². The molecule has 1 aliphatic carbocycles. The second kappa shape index (κ2) is 5.51. The predicted octanol–water partition coefficient (Wildman–Crippen LogP) is 1.97. The van der Waals surface area contributed by atoms with Crippen molar-refractivity contribution in [2.45, 2.75) is 39.2 Å². The molecule has 1 rings (SSSR count). The van der Waals surface area contributed by atoms with Gasteiger partial charge in [0.2, 0.25) is 10.0 Å². The molecule has 3 nitrogen and oxygen atoms in total. The molecule has 0 aliphatic heterocycles. The molecule has 0 saturated heterocycles. The third-order valence-corrected chi connectivity index (χ3v) is 4.50. The molecule has 1 atom stereocenters. The lowest BCUT2D eigenvalue weighted by atomic mass is 10.0. The van der Waals surface area contributed by atoms with Crippen LogP contribution in [0.3, 0.4) is 0 Å². The lowest BCUT2D eigenvalue weighted by molar-refractivity contribution is 0.438. The third kappa shape index (κ3) is 5.18. The number of rotatable bonds is 7. The second-order valence-corrected chi connectivity index (χ2v) is 6.85. The summed E-state index contributed by atoms with van der Waals surface area (Å²) in [5.41, 5.74) is 0. The van der Waals surface area contributed by atoms with E-state index in [1.807, 2.05) is 13.8 Å². The zero-order valence-corrected chi connectivity index (χ0v) is 10.9. The molecule has 1 N–H and O–H groups in total. The van der Waals surface area contributed by atoms with Gasteiger partial charge >= 0.3 is 0 Å². The summed E-state index contributed by atoms with van der Waals surface area (Å²) >= 11 is 5.65. The fourth-order valence-electron chi connectivity index (χ4n) is 1.52. The van der Waals surface area contributed by atoms with E-state index in [1.54, 1.807) is 0 Å². The quantitative estimate of drug-likeness (QED) is 0.705. The average Bonchev–Trinajstić information content (AvgIpc) is 2.86. The van der Waals surface area contributed by atoms with Gasteiger partial charge in [-0.2, -0.15) is 0 Å². The van der Waals surface area contributed by atoms with Crippen molar-refractivity contribution in [2.75, 3.05) is 11.6 Å². The molecule has 0 bridgehead atoms. The minimum Gasteiger partial charge on any atom is -0.212 e. The van der Waals surface area contributed by atoms with Crippen LogP contribution in [0.25, 0.3) is 0 Å². The van der Waals surface area contributed by atoms with Crippen LogP contribution in [0.15, 0.2) is 0 Å². The number of hydrogen-bond donors (Lipinski definition) is 1. The van der Waals surface area contributed by atoms with E-state index in [0.717, 1.165) is 12.8 Å². The summed E-state index contributed by atoms with van der Waals surface area (Å²) in [6, 6.07) is -0.0220. The molecule has 0 radical (unpaired) electrons. The fourth-order valence-corrected chi connectivity index (χ4v) is 3.66. The van der Waals surface area contributed by atoms with Gasteiger partial charge in [-0.3, -0.25) is 0 Å². The Morgan fingerprint density at radius 1 is 1.40 bits per heavy atom. The van der Waals surface area contributed by atoms with Gasteiger partial charge in [0.15, 0.2) is 0 Å². The summed E-state index contributed by atoms with van der Waals surface area (Å²) in [5, 5.41) is 0. The summed E-state index contributed by atoms with van der Waals surface area (Å²) in [6.45, 7) is 4.02. The molecule has 1 fully saturated rings. The number of hydrogen-bond acceptors (Lipinski definition) is 2. The molecule has 0 heterocycles. The van der Waals surface area contributed by atoms with Gasteiger partial charge in [-0.1, -0.05) is 13.8 Å². The van der Waals surface area contributed by atoms with Crippen LogP contribution in [0.5, 0.6) is 0 Å². The highest BCUT2D eigenvalue weighted by molar-refractivity contribution is 7.89. The van der Waals surface area contributed by atoms with Gasteiger partial charge in [-0.15, -0.1) is 11.6 Å². The van der Waals surface area contributed by atoms with Gasteiger partial charge in [-0.25, -0.2) is 13.1 Å². The van der Waals surface area contributed by atoms with Crippen molar-refractivity contribution in [3.05, 3.63) is 0 Å². The van der Waals surface area contributed by atoms with Crippen LogP contribution in [-0.2, 0) is 10.0 Å². The van der Waals surface area contributed by atoms with Crippen LogP contribution in [0.2, 0.25) is 0 Å². The standard InChI is InChI=1S/C10H20ClNO2S/c1-8(2)10(5-6-11)12-15(13,14)7-9-3-4-9/h8-10,12H,3-7H2,1-2H3. The molecule has 1 aliphatic rings. The normalized spacial score (nSPS) is 19.5. The van der Waals surface area contributed by atoms with Crippen LogP contribution < -0.4 is 4.72 Å². The van der Waals surface area contributed by atoms with Crippen molar-refractivity contribution in [1.82, 2.24) is 4.72 Å². The minimum absolute atomic E-state index is 0.0220. The Kier molecular flexibility index (Phi) is 4.87. The maximum Gasteiger partial charge on any atom is 0.212 e. The molecule has 0 aromatic rings. The first-order valence-electron chi connectivity index (χ1n) is 5.50. The molecule has 5 heteroatoms. The SMILES string of the molecule is CC(C)C(CCCl)NS(=O)(=O)CC1CC1. The van der Waals surface area contributed by atoms with E-state index in [9.17, 15) is 8.42 Å². The smallest absolute Gasteiger partial charge is 0.212 e. The average molecular weight is 254 g/mol. The highest BCUT2D eigenvalue weighted by Crippen LogP contribution is 2.30. The van der Waals surface area contributed by atoms with Crippen LogP contribution in [0.4, 0.5) is 0 Å². The molecule has 90 valence electrons. The topological polar surface area (TPSA) is 46.2 Å². The Hall–Kier alpha value is 0.200. The van der Waals surface area contributed by atoms with Gasteiger partial charge in [0, 0.05) is 11.9 Å². The Morgan fingerprint density at radius 2 is 2.00 bits per heavy atom. The van der Waals surface area contributed by atoms with Crippen molar-refractivity contribution in [3.63, 3.8) is 0 Å². The Bertz CT molecular complexity index is 286. The van der Waals surface area contributed by atoms with E-state index in [2.05, 4.69) is 4.72 Å². The number of halogens is 1. The zero-order valence-electron chi connectivity index (χ0n) is 9.37. The predicted molar refractivity (Wildman–Crippen MR) is 63.6 cm³/mol. The maximum absolute atomic E-state index is 11.7. The Balaban J connectivity index is 2.47. The van der Waals surface area contributed by atoms with Crippen LogP contribution in [0, 0.1) is 11.8 Å². The lowest BCUT2D eigenvalue weighted by Gasteiger charge is -2.21. The summed E-state index contributed by atoms with van der Waals surface area (Å²) in [5.74, 6) is 1.47. The zero-order chi connectivity index (χ0) is 11.5. The highest BCUT2D eigenvalue weighted by Gasteiger charge is 2.29. The van der Waals surface area contributed by atoms with Gasteiger partial charge in [-0.05, 0) is 31.1 Å². The van der Waals surface area contributed by atoms with Crippen molar-refractivity contribution >= 4 is 21.6 Å². The summed E-state index contributed by atoms with van der Waals surface area (Å²) in [4.78, 5) is 0. The Morgan fingerprint density at radius 3 is 2.40 bits per heavy atom. The van der Waals surface area contributed by atoms with E-state index < -0.39 is 10.0 Å². The number of alkyl halides is 1. The van der Waals surface area contributed by atoms with Gasteiger partial charge in [0.05, 0.1) is 5.75 Å². The first-order valence-corrected chi connectivity index (χ1v) is 7.69. The van der Waals surface area contributed by atoms with Crippen LogP contribution >= 0.6 is 11.6 Å². The molecule has 0 aromatic heterocycles. The summed E-state index contributed by atoms with van der Waals surface area (Å²) < 4.78 is 26.2. The van der Waals surface area contributed by atoms with Crippen LogP contribution in [0.1, 0.15) is 33.1 Å². The molecular formula is C10H20ClNO2S. The first kappa shape index (κ1) is 13.3. The van der Waals surface area contributed by atoms with E-state index >= 15 is 0 Å². The van der Waals surface area contributed by atoms with Crippen molar-refractivity contribution in [2.24, 2.45) is 11.8 Å². The molecule has 0 amide bonds. The monoisotopic (exact) mass is 253 g/mol. The maximum atomic E-state index is 11.7. The van der Waals surface area contributed by atoms with Crippen LogP contribution in [-0.4, -0.2) is 26.1 Å². The fraction of sp³-hybridized carbons (Fsp3) is 1.00.